The van der Waals surface area contributed by atoms with Gasteiger partial charge in [-0.05, 0) is 6.07 Å². The van der Waals surface area contributed by atoms with E-state index in [2.05, 4.69) is 0 Å². The summed E-state index contributed by atoms with van der Waals surface area (Å²) < 4.78 is 4.44. The molecule has 0 amide bonds. The second-order valence-corrected chi connectivity index (χ2v) is 7.42. The minimum atomic E-state index is -2.06. The van der Waals surface area contributed by atoms with E-state index >= 15 is 0 Å². The van der Waals surface area contributed by atoms with Crippen LogP contribution in [0.2, 0.25) is 0 Å². The van der Waals surface area contributed by atoms with Crippen molar-refractivity contribution in [2.24, 2.45) is 7.05 Å². The number of ether oxygens (including phenoxy) is 1. The van der Waals surface area contributed by atoms with Crippen molar-refractivity contribution in [1.29, 1.82) is 0 Å². The molecule has 2 aromatic heterocycles. The highest BCUT2D eigenvalue weighted by molar-refractivity contribution is 7.12. The molecule has 0 atom stereocenters. The molecule has 0 saturated carbocycles. The number of carbonyl (C=O) groups excluding carboxylic acids is 2. The largest absolute Gasteiger partial charge is 0.496 e. The summed E-state index contributed by atoms with van der Waals surface area (Å²) in [6.07, 6.45) is 1.53. The summed E-state index contributed by atoms with van der Waals surface area (Å²) >= 11 is 18.0. The van der Waals surface area contributed by atoms with E-state index < -0.39 is 9.58 Å². The fraction of sp³-hybridized carbons (Fsp3) is 0.231. The average molecular weight is 367 g/mol. The van der Waals surface area contributed by atoms with Gasteiger partial charge in [-0.2, -0.15) is 0 Å². The number of Topliss-reactive ketones (excluding diaryl/α,β-unsaturated/α-hetero) is 1. The number of hydrogen-bond donors (Lipinski definition) is 0. The summed E-state index contributed by atoms with van der Waals surface area (Å²) in [5.41, 5.74) is 0.501. The molecular formula is C13H10Cl3NO3S. The fourth-order valence-corrected chi connectivity index (χ4v) is 2.85. The van der Waals surface area contributed by atoms with Gasteiger partial charge >= 0.3 is 0 Å². The van der Waals surface area contributed by atoms with Crippen molar-refractivity contribution in [3.05, 3.63) is 39.8 Å². The Morgan fingerprint density at radius 3 is 2.48 bits per heavy atom. The third-order valence-electron chi connectivity index (χ3n) is 2.79. The van der Waals surface area contributed by atoms with Crippen LogP contribution in [0.25, 0.3) is 0 Å². The molecule has 0 radical (unpaired) electrons. The zero-order chi connectivity index (χ0) is 15.8. The molecule has 0 N–H and O–H groups in total. The summed E-state index contributed by atoms with van der Waals surface area (Å²) in [4.78, 5) is 24.8. The molecule has 0 aliphatic rings. The third-order valence-corrected chi connectivity index (χ3v) is 4.21. The highest BCUT2D eigenvalue weighted by Crippen LogP contribution is 2.31. The molecule has 0 unspecified atom stereocenters. The maximum absolute atomic E-state index is 12.3. The molecule has 2 aromatic rings. The summed E-state index contributed by atoms with van der Waals surface area (Å²) in [5.74, 6) is -0.294. The lowest BCUT2D eigenvalue weighted by Crippen LogP contribution is -2.21. The number of nitrogens with zero attached hydrogens (tertiary/aromatic N) is 1. The van der Waals surface area contributed by atoms with Crippen LogP contribution in [0.15, 0.2) is 23.7 Å². The SMILES string of the molecule is COc1csc(C(=O)c2cc(C(=O)C(Cl)(Cl)Cl)n(C)c2)c1. The van der Waals surface area contributed by atoms with Crippen molar-refractivity contribution < 1.29 is 14.3 Å². The number of carbonyl (C=O) groups is 2. The summed E-state index contributed by atoms with van der Waals surface area (Å²) in [6.45, 7) is 0. The number of halogens is 3. The molecule has 0 aliphatic carbocycles. The lowest BCUT2D eigenvalue weighted by Gasteiger charge is -2.09. The van der Waals surface area contributed by atoms with Crippen molar-refractivity contribution in [1.82, 2.24) is 4.57 Å². The van der Waals surface area contributed by atoms with Gasteiger partial charge in [-0.1, -0.05) is 34.8 Å². The number of methoxy groups -OCH3 is 1. The quantitative estimate of drug-likeness (QED) is 0.609. The van der Waals surface area contributed by atoms with Crippen LogP contribution in [0.5, 0.6) is 5.75 Å². The molecule has 2 heterocycles. The minimum absolute atomic E-state index is 0.155. The van der Waals surface area contributed by atoms with Gasteiger partial charge in [0.1, 0.15) is 5.75 Å². The number of hydrogen-bond acceptors (Lipinski definition) is 4. The molecule has 0 bridgehead atoms. The second kappa shape index (κ2) is 6.01. The van der Waals surface area contributed by atoms with Crippen LogP contribution in [0.4, 0.5) is 0 Å². The Bertz CT molecular complexity index is 700. The molecule has 0 fully saturated rings. The predicted octanol–water partition coefficient (Wildman–Crippen LogP) is 3.88. The van der Waals surface area contributed by atoms with Crippen LogP contribution in [0.1, 0.15) is 25.7 Å². The maximum atomic E-state index is 12.3. The molecule has 0 aliphatic heterocycles. The first kappa shape index (κ1) is 16.4. The Balaban J connectivity index is 2.34. The van der Waals surface area contributed by atoms with Crippen LogP contribution in [0, 0.1) is 0 Å². The van der Waals surface area contributed by atoms with E-state index in [-0.39, 0.29) is 11.5 Å². The van der Waals surface area contributed by atoms with E-state index in [0.717, 1.165) is 0 Å². The highest BCUT2D eigenvalue weighted by Gasteiger charge is 2.34. The van der Waals surface area contributed by atoms with Crippen molar-refractivity contribution in [3.8, 4) is 5.75 Å². The van der Waals surface area contributed by atoms with Gasteiger partial charge in [-0.15, -0.1) is 11.3 Å². The summed E-state index contributed by atoms with van der Waals surface area (Å²) in [5, 5.41) is 1.73. The van der Waals surface area contributed by atoms with Gasteiger partial charge in [0.15, 0.2) is 0 Å². The fourth-order valence-electron chi connectivity index (χ4n) is 1.75. The van der Waals surface area contributed by atoms with E-state index in [1.54, 1.807) is 18.5 Å². The van der Waals surface area contributed by atoms with Crippen LogP contribution < -0.4 is 4.74 Å². The molecule has 112 valence electrons. The zero-order valence-corrected chi connectivity index (χ0v) is 14.1. The zero-order valence-electron chi connectivity index (χ0n) is 11.0. The van der Waals surface area contributed by atoms with Gasteiger partial charge in [0, 0.05) is 30.3 Å². The minimum Gasteiger partial charge on any atom is -0.496 e. The average Bonchev–Trinajstić information content (AvgIpc) is 3.02. The second-order valence-electron chi connectivity index (χ2n) is 4.23. The van der Waals surface area contributed by atoms with Crippen molar-refractivity contribution in [3.63, 3.8) is 0 Å². The Kier molecular flexibility index (Phi) is 4.68. The van der Waals surface area contributed by atoms with E-state index in [9.17, 15) is 9.59 Å². The van der Waals surface area contributed by atoms with Crippen molar-refractivity contribution in [2.45, 2.75) is 3.79 Å². The Morgan fingerprint density at radius 2 is 1.95 bits per heavy atom. The molecule has 2 rings (SSSR count). The smallest absolute Gasteiger partial charge is 0.255 e. The number of ketones is 2. The third kappa shape index (κ3) is 3.43. The van der Waals surface area contributed by atoms with Gasteiger partial charge in [-0.3, -0.25) is 9.59 Å². The number of rotatable bonds is 4. The number of alkyl halides is 3. The van der Waals surface area contributed by atoms with E-state index in [4.69, 9.17) is 39.5 Å². The van der Waals surface area contributed by atoms with Gasteiger partial charge in [-0.25, -0.2) is 0 Å². The van der Waals surface area contributed by atoms with E-state index in [1.807, 2.05) is 0 Å². The standard InChI is InChI=1S/C13H10Cl3NO3S/c1-17-5-7(3-9(17)12(19)13(14,15)16)11(18)10-4-8(20-2)6-21-10/h3-6H,1-2H3. The predicted molar refractivity (Wildman–Crippen MR) is 84.3 cm³/mol. The topological polar surface area (TPSA) is 48.3 Å². The number of thiophene rings is 1. The molecule has 0 saturated heterocycles. The van der Waals surface area contributed by atoms with Crippen LogP contribution in [-0.4, -0.2) is 27.0 Å². The number of aromatic nitrogens is 1. The molecule has 8 heteroatoms. The first-order valence-electron chi connectivity index (χ1n) is 5.69. The van der Waals surface area contributed by atoms with Crippen LogP contribution in [-0.2, 0) is 7.05 Å². The van der Waals surface area contributed by atoms with Gasteiger partial charge < -0.3 is 9.30 Å². The number of aryl methyl sites for hydroxylation is 1. The Morgan fingerprint density at radius 1 is 1.29 bits per heavy atom. The van der Waals surface area contributed by atoms with Gasteiger partial charge in [0.2, 0.25) is 11.6 Å². The maximum Gasteiger partial charge on any atom is 0.255 e. The van der Waals surface area contributed by atoms with Crippen molar-refractivity contribution in [2.75, 3.05) is 7.11 Å². The molecule has 21 heavy (non-hydrogen) atoms. The Labute approximate surface area is 140 Å². The lowest BCUT2D eigenvalue weighted by molar-refractivity contribution is 0.0988. The van der Waals surface area contributed by atoms with Gasteiger partial charge in [0.25, 0.3) is 3.79 Å². The highest BCUT2D eigenvalue weighted by atomic mass is 35.6. The monoisotopic (exact) mass is 365 g/mol. The molecular weight excluding hydrogens is 357 g/mol. The van der Waals surface area contributed by atoms with Gasteiger partial charge in [0.05, 0.1) is 17.7 Å². The van der Waals surface area contributed by atoms with Crippen LogP contribution in [0.3, 0.4) is 0 Å². The molecule has 0 spiro atoms. The first-order chi connectivity index (χ1) is 9.74. The van der Waals surface area contributed by atoms with Crippen LogP contribution >= 0.6 is 46.1 Å². The van der Waals surface area contributed by atoms with E-state index in [0.29, 0.717) is 16.2 Å². The first-order valence-corrected chi connectivity index (χ1v) is 7.70. The lowest BCUT2D eigenvalue weighted by atomic mass is 10.1. The Hall–Kier alpha value is -1.01. The summed E-state index contributed by atoms with van der Waals surface area (Å²) in [7, 11) is 3.13. The van der Waals surface area contributed by atoms with Crippen molar-refractivity contribution >= 4 is 57.7 Å². The van der Waals surface area contributed by atoms with E-state index in [1.165, 1.54) is 35.3 Å². The summed E-state index contributed by atoms with van der Waals surface area (Å²) in [6, 6.07) is 3.05. The normalized spacial score (nSPS) is 11.5. The molecule has 0 aromatic carbocycles. The molecule has 4 nitrogen and oxygen atoms in total.